The van der Waals surface area contributed by atoms with Gasteiger partial charge >= 0.3 is 0 Å². The van der Waals surface area contributed by atoms with Gasteiger partial charge in [0.2, 0.25) is 0 Å². The van der Waals surface area contributed by atoms with Crippen LogP contribution in [0.3, 0.4) is 0 Å². The molecule has 3 aromatic rings. The minimum absolute atomic E-state index is 0.0810. The molecule has 1 fully saturated rings. The molecule has 192 valence electrons. The summed E-state index contributed by atoms with van der Waals surface area (Å²) in [7, 11) is 0. The van der Waals surface area contributed by atoms with Crippen LogP contribution in [0.1, 0.15) is 81.2 Å². The normalized spacial score (nSPS) is 17.2. The van der Waals surface area contributed by atoms with Crippen molar-refractivity contribution in [3.8, 4) is 5.75 Å². The number of amides is 1. The molecule has 5 nitrogen and oxygen atoms in total. The van der Waals surface area contributed by atoms with Crippen LogP contribution in [0.4, 0.5) is 5.69 Å². The van der Waals surface area contributed by atoms with Gasteiger partial charge in [0.25, 0.3) is 11.7 Å². The van der Waals surface area contributed by atoms with E-state index >= 15 is 0 Å². The Morgan fingerprint density at radius 3 is 1.89 bits per heavy atom. The Morgan fingerprint density at radius 2 is 1.38 bits per heavy atom. The molecule has 0 bridgehead atoms. The van der Waals surface area contributed by atoms with Crippen molar-refractivity contribution in [3.63, 3.8) is 0 Å². The van der Waals surface area contributed by atoms with E-state index < -0.39 is 17.7 Å². The van der Waals surface area contributed by atoms with Gasteiger partial charge in [-0.3, -0.25) is 14.5 Å². The van der Waals surface area contributed by atoms with E-state index in [9.17, 15) is 14.7 Å². The first kappa shape index (κ1) is 26.2. The van der Waals surface area contributed by atoms with Crippen molar-refractivity contribution in [3.05, 3.63) is 101 Å². The number of anilines is 1. The van der Waals surface area contributed by atoms with E-state index in [0.29, 0.717) is 35.4 Å². The number of rotatable bonds is 8. The quantitative estimate of drug-likeness (QED) is 0.201. The van der Waals surface area contributed by atoms with Gasteiger partial charge in [-0.15, -0.1) is 0 Å². The maximum atomic E-state index is 13.4. The number of aliphatic hydroxyl groups is 1. The number of hydrogen-bond donors (Lipinski definition) is 1. The zero-order chi connectivity index (χ0) is 26.7. The minimum atomic E-state index is -0.748. The molecule has 1 unspecified atom stereocenters. The van der Waals surface area contributed by atoms with Gasteiger partial charge in [-0.1, -0.05) is 71.0 Å². The third-order valence-electron chi connectivity index (χ3n) is 6.80. The van der Waals surface area contributed by atoms with Gasteiger partial charge in [-0.2, -0.15) is 0 Å². The number of ketones is 1. The van der Waals surface area contributed by atoms with Crippen LogP contribution in [0.15, 0.2) is 78.4 Å². The van der Waals surface area contributed by atoms with Gasteiger partial charge < -0.3 is 9.84 Å². The van der Waals surface area contributed by atoms with Crippen LogP contribution in [-0.4, -0.2) is 23.4 Å². The average molecular weight is 498 g/mol. The van der Waals surface area contributed by atoms with E-state index in [1.807, 2.05) is 55.5 Å². The summed E-state index contributed by atoms with van der Waals surface area (Å²) in [4.78, 5) is 28.3. The first-order valence-electron chi connectivity index (χ1n) is 13.0. The highest BCUT2D eigenvalue weighted by Crippen LogP contribution is 2.42. The third kappa shape index (κ3) is 5.31. The predicted molar refractivity (Wildman–Crippen MR) is 148 cm³/mol. The molecule has 5 heteroatoms. The van der Waals surface area contributed by atoms with Crippen molar-refractivity contribution in [1.29, 1.82) is 0 Å². The smallest absolute Gasteiger partial charge is 0.300 e. The maximum absolute atomic E-state index is 13.4. The van der Waals surface area contributed by atoms with Crippen LogP contribution >= 0.6 is 0 Å². The van der Waals surface area contributed by atoms with Gasteiger partial charge in [0.1, 0.15) is 11.5 Å². The summed E-state index contributed by atoms with van der Waals surface area (Å²) >= 11 is 0. The number of carbonyl (C=O) groups excluding carboxylic acids is 2. The lowest BCUT2D eigenvalue weighted by Gasteiger charge is -2.26. The Kier molecular flexibility index (Phi) is 7.82. The molecule has 1 saturated heterocycles. The average Bonchev–Trinajstić information content (AvgIpc) is 3.17. The van der Waals surface area contributed by atoms with Gasteiger partial charge in [-0.25, -0.2) is 0 Å². The van der Waals surface area contributed by atoms with E-state index in [1.54, 1.807) is 24.3 Å². The van der Waals surface area contributed by atoms with E-state index in [1.165, 1.54) is 4.90 Å². The molecule has 0 aliphatic carbocycles. The van der Waals surface area contributed by atoms with Gasteiger partial charge in [0.05, 0.1) is 18.2 Å². The van der Waals surface area contributed by atoms with Crippen LogP contribution in [0.5, 0.6) is 5.75 Å². The maximum Gasteiger partial charge on any atom is 0.300 e. The van der Waals surface area contributed by atoms with Gasteiger partial charge in [0.15, 0.2) is 0 Å². The molecule has 1 aliphatic rings. The Bertz CT molecular complexity index is 1290. The summed E-state index contributed by atoms with van der Waals surface area (Å²) in [5.41, 5.74) is 4.22. The van der Waals surface area contributed by atoms with Crippen molar-refractivity contribution in [2.75, 3.05) is 11.5 Å². The SMILES string of the molecule is CCCOc1ccc(/C(O)=C2/C(=O)C(=O)N(c3ccc(C(C)C)cc3)C2c2ccc(C(C)C)cc2)cc1. The second-order valence-corrected chi connectivity index (χ2v) is 10.1. The highest BCUT2D eigenvalue weighted by atomic mass is 16.5. The predicted octanol–water partition coefficient (Wildman–Crippen LogP) is 7.35. The molecule has 4 rings (SSSR count). The minimum Gasteiger partial charge on any atom is -0.507 e. The molecule has 1 atom stereocenters. The first-order chi connectivity index (χ1) is 17.7. The molecule has 0 spiro atoms. The largest absolute Gasteiger partial charge is 0.507 e. The van der Waals surface area contributed by atoms with Gasteiger partial charge in [-0.05, 0) is 71.3 Å². The fourth-order valence-electron chi connectivity index (χ4n) is 4.58. The molecule has 0 aromatic heterocycles. The second-order valence-electron chi connectivity index (χ2n) is 10.1. The summed E-state index contributed by atoms with van der Waals surface area (Å²) in [5, 5.41) is 11.4. The number of hydrogen-bond acceptors (Lipinski definition) is 4. The highest BCUT2D eigenvalue weighted by Gasteiger charge is 2.47. The van der Waals surface area contributed by atoms with Crippen LogP contribution in [0.2, 0.25) is 0 Å². The summed E-state index contributed by atoms with van der Waals surface area (Å²) in [6.45, 7) is 11.1. The molecule has 1 aliphatic heterocycles. The fraction of sp³-hybridized carbons (Fsp3) is 0.312. The molecule has 0 saturated carbocycles. The molecule has 3 aromatic carbocycles. The van der Waals surface area contributed by atoms with Crippen molar-refractivity contribution < 1.29 is 19.4 Å². The number of benzene rings is 3. The molecular formula is C32H35NO4. The summed E-state index contributed by atoms with van der Waals surface area (Å²) in [6, 6.07) is 21.8. The molecular weight excluding hydrogens is 462 g/mol. The molecule has 1 N–H and O–H groups in total. The monoisotopic (exact) mass is 497 g/mol. The van der Waals surface area contributed by atoms with Crippen molar-refractivity contribution in [2.24, 2.45) is 0 Å². The Labute approximate surface area is 219 Å². The lowest BCUT2D eigenvalue weighted by molar-refractivity contribution is -0.132. The Hall–Kier alpha value is -3.86. The number of Topliss-reactive ketones (excluding diaryl/α,β-unsaturated/α-hetero) is 1. The second kappa shape index (κ2) is 11.0. The molecule has 1 amide bonds. The Balaban J connectivity index is 1.83. The van der Waals surface area contributed by atoms with E-state index in [0.717, 1.165) is 23.1 Å². The fourth-order valence-corrected chi connectivity index (χ4v) is 4.58. The van der Waals surface area contributed by atoms with Gasteiger partial charge in [0, 0.05) is 11.3 Å². The van der Waals surface area contributed by atoms with E-state index in [2.05, 4.69) is 27.7 Å². The topological polar surface area (TPSA) is 66.8 Å². The number of ether oxygens (including phenoxy) is 1. The molecule has 0 radical (unpaired) electrons. The summed E-state index contributed by atoms with van der Waals surface area (Å²) < 4.78 is 5.65. The first-order valence-corrected chi connectivity index (χ1v) is 13.0. The van der Waals surface area contributed by atoms with Crippen LogP contribution < -0.4 is 9.64 Å². The lowest BCUT2D eigenvalue weighted by atomic mass is 9.93. The molecule has 37 heavy (non-hydrogen) atoms. The van der Waals surface area contributed by atoms with E-state index in [4.69, 9.17) is 4.74 Å². The lowest BCUT2D eigenvalue weighted by Crippen LogP contribution is -2.29. The summed E-state index contributed by atoms with van der Waals surface area (Å²) in [6.07, 6.45) is 0.888. The number of aliphatic hydroxyl groups excluding tert-OH is 1. The number of nitrogens with zero attached hydrogens (tertiary/aromatic N) is 1. The van der Waals surface area contributed by atoms with Crippen LogP contribution in [0, 0.1) is 0 Å². The highest BCUT2D eigenvalue weighted by molar-refractivity contribution is 6.51. The van der Waals surface area contributed by atoms with E-state index in [-0.39, 0.29) is 11.3 Å². The standard InChI is InChI=1S/C32H35NO4/c1-6-19-37-27-17-13-25(14-18-27)30(34)28-29(24-9-7-22(8-10-24)20(2)3)33(32(36)31(28)35)26-15-11-23(12-16-26)21(4)5/h7-18,20-21,29,34H,6,19H2,1-5H3/b30-28-. The molecule has 1 heterocycles. The Morgan fingerprint density at radius 1 is 0.838 bits per heavy atom. The van der Waals surface area contributed by atoms with Crippen molar-refractivity contribution in [1.82, 2.24) is 0 Å². The van der Waals surface area contributed by atoms with Crippen LogP contribution in [0.25, 0.3) is 5.76 Å². The van der Waals surface area contributed by atoms with Crippen molar-refractivity contribution in [2.45, 2.75) is 58.9 Å². The van der Waals surface area contributed by atoms with Crippen molar-refractivity contribution >= 4 is 23.1 Å². The third-order valence-corrected chi connectivity index (χ3v) is 6.80. The summed E-state index contributed by atoms with van der Waals surface area (Å²) in [5.74, 6) is -0.176. The zero-order valence-corrected chi connectivity index (χ0v) is 22.2. The number of carbonyl (C=O) groups is 2. The van der Waals surface area contributed by atoms with Crippen LogP contribution in [-0.2, 0) is 9.59 Å². The zero-order valence-electron chi connectivity index (χ0n) is 22.2.